The van der Waals surface area contributed by atoms with Gasteiger partial charge in [-0.05, 0) is 44.1 Å². The maximum atomic E-state index is 5.81. The average molecular weight is 529 g/mol. The van der Waals surface area contributed by atoms with Crippen molar-refractivity contribution in [1.82, 2.24) is 39.9 Å². The number of pyridine rings is 1. The van der Waals surface area contributed by atoms with Gasteiger partial charge in [-0.15, -0.1) is 10.2 Å². The zero-order valence-electron chi connectivity index (χ0n) is 23.5. The topological polar surface area (TPSA) is 96.0 Å². The van der Waals surface area contributed by atoms with Gasteiger partial charge in [-0.3, -0.25) is 4.98 Å². The SMILES string of the molecule is Cc1cc(C#CCn2cc(C3=CC(C)C(N(C)C)C=C3)nn2)cnc1-c1cn(CC2OCC(C)(C)CO2)nn1. The lowest BCUT2D eigenvalue weighted by Crippen LogP contribution is -2.39. The van der Waals surface area contributed by atoms with Crippen molar-refractivity contribution in [3.63, 3.8) is 0 Å². The van der Waals surface area contributed by atoms with Crippen LogP contribution < -0.4 is 0 Å². The second-order valence-corrected chi connectivity index (χ2v) is 11.3. The Bertz CT molecular complexity index is 1430. The number of hydrogen-bond acceptors (Lipinski definition) is 8. The number of ether oxygens (including phenoxy) is 2. The lowest BCUT2D eigenvalue weighted by Gasteiger charge is -2.34. The van der Waals surface area contributed by atoms with Gasteiger partial charge in [0.25, 0.3) is 0 Å². The second-order valence-electron chi connectivity index (χ2n) is 11.3. The Labute approximate surface area is 229 Å². The van der Waals surface area contributed by atoms with Crippen LogP contribution in [0.25, 0.3) is 17.0 Å². The third kappa shape index (κ3) is 6.50. The minimum absolute atomic E-state index is 0.0351. The molecule has 0 amide bonds. The standard InChI is InChI=1S/C29H36N8O2/c1-20-13-23(9-10-26(20)35(5)6)24-15-36(33-31-24)11-7-8-22-12-21(2)28(30-14-22)25-16-37(34-32-25)17-27-38-18-29(3,4)19-39-27/h9-10,12-16,20,26-27H,11,17-19H2,1-6H3. The quantitative estimate of drug-likeness (QED) is 0.450. The number of rotatable bonds is 6. The number of nitrogens with zero attached hydrogens (tertiary/aromatic N) is 8. The van der Waals surface area contributed by atoms with Gasteiger partial charge >= 0.3 is 0 Å². The third-order valence-corrected chi connectivity index (χ3v) is 6.87. The fourth-order valence-electron chi connectivity index (χ4n) is 4.75. The molecular formula is C29H36N8O2. The molecule has 10 nitrogen and oxygen atoms in total. The molecule has 39 heavy (non-hydrogen) atoms. The van der Waals surface area contributed by atoms with Crippen LogP contribution in [0, 0.1) is 30.1 Å². The summed E-state index contributed by atoms with van der Waals surface area (Å²) in [5.74, 6) is 6.76. The van der Waals surface area contributed by atoms with Crippen molar-refractivity contribution in [2.75, 3.05) is 27.3 Å². The van der Waals surface area contributed by atoms with Crippen LogP contribution in [0.5, 0.6) is 0 Å². The average Bonchev–Trinajstić information content (AvgIpc) is 3.55. The molecular weight excluding hydrogens is 492 g/mol. The summed E-state index contributed by atoms with van der Waals surface area (Å²) < 4.78 is 15.1. The van der Waals surface area contributed by atoms with Crippen molar-refractivity contribution >= 4 is 5.57 Å². The molecule has 0 bridgehead atoms. The maximum Gasteiger partial charge on any atom is 0.177 e. The van der Waals surface area contributed by atoms with Crippen molar-refractivity contribution < 1.29 is 9.47 Å². The normalized spacial score (nSPS) is 21.1. The molecule has 0 radical (unpaired) electrons. The Balaban J connectivity index is 1.19. The Kier molecular flexibility index (Phi) is 7.75. The smallest absolute Gasteiger partial charge is 0.177 e. The fraction of sp³-hybridized carbons (Fsp3) is 0.483. The molecule has 3 aromatic heterocycles. The first-order valence-electron chi connectivity index (χ1n) is 13.2. The molecule has 3 aromatic rings. The summed E-state index contributed by atoms with van der Waals surface area (Å²) >= 11 is 0. The minimum atomic E-state index is -0.324. The van der Waals surface area contributed by atoms with Crippen LogP contribution in [-0.4, -0.2) is 79.5 Å². The van der Waals surface area contributed by atoms with Crippen molar-refractivity contribution in [3.8, 4) is 23.2 Å². The van der Waals surface area contributed by atoms with Crippen LogP contribution in [0.1, 0.15) is 37.6 Å². The van der Waals surface area contributed by atoms with E-state index in [1.54, 1.807) is 15.6 Å². The molecule has 5 rings (SSSR count). The molecule has 2 aliphatic rings. The highest BCUT2D eigenvalue weighted by Gasteiger charge is 2.28. The van der Waals surface area contributed by atoms with E-state index in [-0.39, 0.29) is 11.7 Å². The van der Waals surface area contributed by atoms with Gasteiger partial charge in [0, 0.05) is 23.2 Å². The molecule has 1 aliphatic heterocycles. The third-order valence-electron chi connectivity index (χ3n) is 6.87. The van der Waals surface area contributed by atoms with Gasteiger partial charge in [0.2, 0.25) is 0 Å². The molecule has 0 spiro atoms. The van der Waals surface area contributed by atoms with Crippen molar-refractivity contribution in [1.29, 1.82) is 0 Å². The number of aryl methyl sites for hydroxylation is 1. The van der Waals surface area contributed by atoms with E-state index in [0.717, 1.165) is 28.1 Å². The van der Waals surface area contributed by atoms with Gasteiger partial charge in [-0.1, -0.05) is 61.3 Å². The first-order chi connectivity index (χ1) is 18.7. The Hall–Kier alpha value is -3.65. The maximum absolute atomic E-state index is 5.81. The van der Waals surface area contributed by atoms with Gasteiger partial charge in [0.1, 0.15) is 17.9 Å². The van der Waals surface area contributed by atoms with Gasteiger partial charge in [-0.25, -0.2) is 9.36 Å². The Morgan fingerprint density at radius 3 is 2.51 bits per heavy atom. The summed E-state index contributed by atoms with van der Waals surface area (Å²) in [5, 5.41) is 17.1. The lowest BCUT2D eigenvalue weighted by atomic mass is 9.91. The van der Waals surface area contributed by atoms with Crippen LogP contribution in [0.4, 0.5) is 0 Å². The summed E-state index contributed by atoms with van der Waals surface area (Å²) in [5.41, 5.74) is 5.27. The van der Waals surface area contributed by atoms with E-state index in [2.05, 4.69) is 95.4 Å². The van der Waals surface area contributed by atoms with Crippen LogP contribution in [0.3, 0.4) is 0 Å². The molecule has 0 saturated carbocycles. The summed E-state index contributed by atoms with van der Waals surface area (Å²) in [6, 6.07) is 2.40. The van der Waals surface area contributed by atoms with Gasteiger partial charge in [0.15, 0.2) is 6.29 Å². The van der Waals surface area contributed by atoms with E-state index in [0.29, 0.717) is 44.0 Å². The van der Waals surface area contributed by atoms with E-state index >= 15 is 0 Å². The number of allylic oxidation sites excluding steroid dienone is 2. The van der Waals surface area contributed by atoms with Crippen LogP contribution >= 0.6 is 0 Å². The predicted octanol–water partition coefficient (Wildman–Crippen LogP) is 3.21. The van der Waals surface area contributed by atoms with Crippen LogP contribution in [0.15, 0.2) is 42.9 Å². The van der Waals surface area contributed by atoms with Gasteiger partial charge in [0.05, 0.1) is 37.8 Å². The monoisotopic (exact) mass is 528 g/mol. The van der Waals surface area contributed by atoms with E-state index in [1.807, 2.05) is 25.4 Å². The largest absolute Gasteiger partial charge is 0.350 e. The van der Waals surface area contributed by atoms with Gasteiger partial charge < -0.3 is 14.4 Å². The molecule has 1 saturated heterocycles. The zero-order valence-corrected chi connectivity index (χ0v) is 23.5. The van der Waals surface area contributed by atoms with Crippen LogP contribution in [-0.2, 0) is 22.6 Å². The van der Waals surface area contributed by atoms with E-state index < -0.39 is 0 Å². The molecule has 1 fully saturated rings. The highest BCUT2D eigenvalue weighted by Crippen LogP contribution is 2.26. The Morgan fingerprint density at radius 2 is 1.79 bits per heavy atom. The fourth-order valence-corrected chi connectivity index (χ4v) is 4.75. The van der Waals surface area contributed by atoms with Crippen molar-refractivity contribution in [2.45, 2.75) is 53.1 Å². The second kappa shape index (κ2) is 11.2. The summed E-state index contributed by atoms with van der Waals surface area (Å²) in [6.07, 6.45) is 11.8. The highest BCUT2D eigenvalue weighted by atomic mass is 16.7. The molecule has 0 N–H and O–H groups in total. The minimum Gasteiger partial charge on any atom is -0.350 e. The number of aromatic nitrogens is 7. The van der Waals surface area contributed by atoms with E-state index in [4.69, 9.17) is 9.47 Å². The first kappa shape index (κ1) is 26.9. The molecule has 2 unspecified atom stereocenters. The van der Waals surface area contributed by atoms with E-state index in [9.17, 15) is 0 Å². The Morgan fingerprint density at radius 1 is 1.08 bits per heavy atom. The van der Waals surface area contributed by atoms with Crippen LogP contribution in [0.2, 0.25) is 0 Å². The molecule has 1 aliphatic carbocycles. The summed E-state index contributed by atoms with van der Waals surface area (Å²) in [4.78, 5) is 6.83. The number of hydrogen-bond donors (Lipinski definition) is 0. The summed E-state index contributed by atoms with van der Waals surface area (Å²) in [7, 11) is 4.19. The van der Waals surface area contributed by atoms with Crippen molar-refractivity contribution in [3.05, 3.63) is 59.7 Å². The molecule has 204 valence electrons. The lowest BCUT2D eigenvalue weighted by molar-refractivity contribution is -0.227. The molecule has 10 heteroatoms. The predicted molar refractivity (Wildman–Crippen MR) is 148 cm³/mol. The molecule has 0 aromatic carbocycles. The van der Waals surface area contributed by atoms with E-state index in [1.165, 1.54) is 0 Å². The van der Waals surface area contributed by atoms with Crippen molar-refractivity contribution in [2.24, 2.45) is 11.3 Å². The molecule has 4 heterocycles. The highest BCUT2D eigenvalue weighted by molar-refractivity contribution is 5.72. The number of likely N-dealkylation sites (N-methyl/N-ethyl adjacent to an activating group) is 1. The zero-order chi connectivity index (χ0) is 27.6. The first-order valence-corrected chi connectivity index (χ1v) is 13.2. The molecule has 2 atom stereocenters. The summed E-state index contributed by atoms with van der Waals surface area (Å²) in [6.45, 7) is 10.7. The van der Waals surface area contributed by atoms with Gasteiger partial charge in [-0.2, -0.15) is 0 Å².